The van der Waals surface area contributed by atoms with Crippen LogP contribution in [0.25, 0.3) is 33.6 Å². The van der Waals surface area contributed by atoms with Gasteiger partial charge in [-0.05, 0) is 36.1 Å². The quantitative estimate of drug-likeness (QED) is 0.280. The van der Waals surface area contributed by atoms with Gasteiger partial charge >= 0.3 is 11.9 Å². The predicted octanol–water partition coefficient (Wildman–Crippen LogP) is 4.09. The lowest BCUT2D eigenvalue weighted by atomic mass is 10.0. The summed E-state index contributed by atoms with van der Waals surface area (Å²) >= 11 is 0. The molecule has 0 bridgehead atoms. The van der Waals surface area contributed by atoms with Gasteiger partial charge in [0.25, 0.3) is 0 Å². The summed E-state index contributed by atoms with van der Waals surface area (Å²) in [7, 11) is 0. The Morgan fingerprint density at radius 1 is 0.667 bits per heavy atom. The van der Waals surface area contributed by atoms with Crippen LogP contribution < -0.4 is 0 Å². The molecule has 0 saturated carbocycles. The minimum Gasteiger partial charge on any atom is -0.464 e. The van der Waals surface area contributed by atoms with E-state index >= 15 is 0 Å². The lowest BCUT2D eigenvalue weighted by molar-refractivity contribution is -0.155. The molecular formula is C30H30N4O8. The highest BCUT2D eigenvalue weighted by Crippen LogP contribution is 2.32. The first-order chi connectivity index (χ1) is 20.6. The number of aromatic nitrogens is 4. The smallest absolute Gasteiger partial charge is 0.338 e. The first kappa shape index (κ1) is 27.8. The van der Waals surface area contributed by atoms with E-state index in [9.17, 15) is 9.59 Å². The van der Waals surface area contributed by atoms with E-state index in [4.69, 9.17) is 28.4 Å². The van der Waals surface area contributed by atoms with Crippen molar-refractivity contribution in [2.24, 2.45) is 0 Å². The molecule has 12 nitrogen and oxygen atoms in total. The fraction of sp³-hybridized carbons (Fsp3) is 0.333. The summed E-state index contributed by atoms with van der Waals surface area (Å²) in [6.07, 6.45) is 0.404. The number of H-pyrrole nitrogens is 2. The Bertz CT molecular complexity index is 1420. The second-order valence-electron chi connectivity index (χ2n) is 9.61. The van der Waals surface area contributed by atoms with Gasteiger partial charge < -0.3 is 38.4 Å². The molecule has 4 atom stereocenters. The molecule has 0 spiro atoms. The normalized spacial score (nSPS) is 21.9. The van der Waals surface area contributed by atoms with Crippen molar-refractivity contribution < 1.29 is 38.0 Å². The Labute approximate surface area is 241 Å². The van der Waals surface area contributed by atoms with Crippen LogP contribution in [0.3, 0.4) is 0 Å². The van der Waals surface area contributed by atoms with Crippen molar-refractivity contribution in [3.05, 3.63) is 72.6 Å². The average Bonchev–Trinajstić information content (AvgIpc) is 3.83. The summed E-state index contributed by atoms with van der Waals surface area (Å²) in [6.45, 7) is 4.01. The number of benzene rings is 2. The van der Waals surface area contributed by atoms with Crippen LogP contribution in [0.1, 0.15) is 37.7 Å². The zero-order valence-corrected chi connectivity index (χ0v) is 23.1. The minimum atomic E-state index is -0.853. The van der Waals surface area contributed by atoms with Gasteiger partial charge in [-0.25, -0.2) is 19.6 Å². The lowest BCUT2D eigenvalue weighted by Gasteiger charge is -2.13. The third kappa shape index (κ3) is 5.57. The van der Waals surface area contributed by atoms with Crippen LogP contribution in [0.15, 0.2) is 60.9 Å². The molecular weight excluding hydrogens is 544 g/mol. The third-order valence-corrected chi connectivity index (χ3v) is 7.03. The van der Waals surface area contributed by atoms with E-state index < -0.39 is 36.4 Å². The molecule has 42 heavy (non-hydrogen) atoms. The van der Waals surface area contributed by atoms with Crippen molar-refractivity contribution in [3.8, 4) is 33.6 Å². The first-order valence-corrected chi connectivity index (χ1v) is 13.7. The lowest BCUT2D eigenvalue weighted by Crippen LogP contribution is -2.28. The molecule has 0 radical (unpaired) electrons. The van der Waals surface area contributed by atoms with Gasteiger partial charge in [0.1, 0.15) is 25.2 Å². The highest BCUT2D eigenvalue weighted by molar-refractivity contribution is 5.77. The van der Waals surface area contributed by atoms with Crippen LogP contribution in [0.5, 0.6) is 0 Å². The summed E-state index contributed by atoms with van der Waals surface area (Å²) < 4.78 is 32.1. The molecule has 4 heterocycles. The third-order valence-electron chi connectivity index (χ3n) is 7.03. The molecule has 0 amide bonds. The van der Waals surface area contributed by atoms with E-state index in [1.165, 1.54) is 0 Å². The molecule has 2 fully saturated rings. The van der Waals surface area contributed by atoms with E-state index in [2.05, 4.69) is 19.9 Å². The second-order valence-corrected chi connectivity index (χ2v) is 9.61. The maximum Gasteiger partial charge on any atom is 0.338 e. The standard InChI is InChI=1S/C30H30N4O8/c1-3-37-29(35)25-23(39-15-41-25)27-31-13-21(33-27)19-9-5-17(6-10-19)18-7-11-20(12-8-18)22-14-32-28(34-22)24-26(42-16-40-24)30(36)38-4-2/h5-14,23-26H,3-4,15-16H2,1-2H3,(H,31,33)(H,32,34)/t23-,24-,25-,26-/m1/s1. The Kier molecular flexibility index (Phi) is 8.11. The van der Waals surface area contributed by atoms with Gasteiger partial charge in [-0.3, -0.25) is 0 Å². The van der Waals surface area contributed by atoms with Crippen LogP contribution in [0.4, 0.5) is 0 Å². The maximum atomic E-state index is 12.2. The Morgan fingerprint density at radius 3 is 1.43 bits per heavy atom. The van der Waals surface area contributed by atoms with Gasteiger partial charge in [-0.1, -0.05) is 48.5 Å². The van der Waals surface area contributed by atoms with E-state index in [0.717, 1.165) is 33.6 Å². The molecule has 2 aliphatic rings. The monoisotopic (exact) mass is 574 g/mol. The molecule has 2 N–H and O–H groups in total. The number of imidazole rings is 2. The van der Waals surface area contributed by atoms with Crippen LogP contribution in [0, 0.1) is 0 Å². The molecule has 0 unspecified atom stereocenters. The number of rotatable bonds is 9. The predicted molar refractivity (Wildman–Crippen MR) is 147 cm³/mol. The van der Waals surface area contributed by atoms with Gasteiger partial charge in [-0.15, -0.1) is 0 Å². The Balaban J connectivity index is 1.12. The van der Waals surface area contributed by atoms with E-state index in [-0.39, 0.29) is 26.8 Å². The number of nitrogens with one attached hydrogen (secondary N) is 2. The molecule has 12 heteroatoms. The number of carbonyl (C=O) groups is 2. The molecule has 2 aromatic carbocycles. The van der Waals surface area contributed by atoms with Gasteiger partial charge in [0.2, 0.25) is 0 Å². The number of aromatic amines is 2. The topological polar surface area (TPSA) is 147 Å². The summed E-state index contributed by atoms with van der Waals surface area (Å²) in [5.41, 5.74) is 5.54. The van der Waals surface area contributed by atoms with Crippen molar-refractivity contribution in [3.63, 3.8) is 0 Å². The van der Waals surface area contributed by atoms with Crippen molar-refractivity contribution in [1.29, 1.82) is 0 Å². The van der Waals surface area contributed by atoms with Gasteiger partial charge in [0.15, 0.2) is 24.4 Å². The largest absolute Gasteiger partial charge is 0.464 e. The van der Waals surface area contributed by atoms with Gasteiger partial charge in [-0.2, -0.15) is 0 Å². The summed E-state index contributed by atoms with van der Waals surface area (Å²) in [4.78, 5) is 39.7. The zero-order valence-electron chi connectivity index (χ0n) is 23.1. The summed E-state index contributed by atoms with van der Waals surface area (Å²) in [5, 5.41) is 0. The fourth-order valence-corrected chi connectivity index (χ4v) is 4.94. The second kappa shape index (κ2) is 12.2. The van der Waals surface area contributed by atoms with Crippen molar-refractivity contribution in [2.75, 3.05) is 26.8 Å². The van der Waals surface area contributed by atoms with Crippen molar-refractivity contribution in [1.82, 2.24) is 19.9 Å². The van der Waals surface area contributed by atoms with Crippen molar-refractivity contribution in [2.45, 2.75) is 38.3 Å². The van der Waals surface area contributed by atoms with Crippen LogP contribution in [0.2, 0.25) is 0 Å². The number of hydrogen-bond acceptors (Lipinski definition) is 10. The van der Waals surface area contributed by atoms with E-state index in [1.807, 2.05) is 48.5 Å². The fourth-order valence-electron chi connectivity index (χ4n) is 4.94. The Hall–Kier alpha value is -4.36. The molecule has 2 aromatic heterocycles. The minimum absolute atomic E-state index is 0.000947. The summed E-state index contributed by atoms with van der Waals surface area (Å²) in [6, 6.07) is 16.1. The zero-order chi connectivity index (χ0) is 29.1. The number of esters is 2. The maximum absolute atomic E-state index is 12.2. The SMILES string of the molecule is CCOC(=O)[C@@H]1OCO[C@H]1c1ncc(-c2ccc(-c3ccc(-c4cnc([C@@H]5OCO[C@H]5C(=O)OCC)[nH]4)cc3)cc2)[nH]1. The van der Waals surface area contributed by atoms with E-state index in [1.54, 1.807) is 26.2 Å². The Morgan fingerprint density at radius 2 is 1.05 bits per heavy atom. The molecule has 6 rings (SSSR count). The van der Waals surface area contributed by atoms with E-state index in [0.29, 0.717) is 11.6 Å². The molecule has 0 aliphatic carbocycles. The van der Waals surface area contributed by atoms with Gasteiger partial charge in [0, 0.05) is 0 Å². The first-order valence-electron chi connectivity index (χ1n) is 13.7. The number of carbonyl (C=O) groups excluding carboxylic acids is 2. The average molecular weight is 575 g/mol. The van der Waals surface area contributed by atoms with Gasteiger partial charge in [0.05, 0.1) is 37.0 Å². The molecule has 2 saturated heterocycles. The number of hydrogen-bond donors (Lipinski definition) is 2. The molecule has 218 valence electrons. The van der Waals surface area contributed by atoms with Crippen LogP contribution in [-0.2, 0) is 38.0 Å². The number of nitrogens with zero attached hydrogens (tertiary/aromatic N) is 2. The molecule has 2 aliphatic heterocycles. The van der Waals surface area contributed by atoms with Crippen molar-refractivity contribution >= 4 is 11.9 Å². The number of ether oxygens (including phenoxy) is 6. The highest BCUT2D eigenvalue weighted by Gasteiger charge is 2.40. The van der Waals surface area contributed by atoms with Crippen LogP contribution >= 0.6 is 0 Å². The molecule has 4 aromatic rings. The summed E-state index contributed by atoms with van der Waals surface area (Å²) in [5.74, 6) is 0.0685. The highest BCUT2D eigenvalue weighted by atomic mass is 16.7. The van der Waals surface area contributed by atoms with Crippen LogP contribution in [-0.4, -0.2) is 70.9 Å².